The fraction of sp³-hybridized carbons (Fsp3) is 0.143. The third-order valence-corrected chi connectivity index (χ3v) is 3.63. The van der Waals surface area contributed by atoms with Crippen LogP contribution in [0.5, 0.6) is 0 Å². The van der Waals surface area contributed by atoms with E-state index in [1.807, 2.05) is 0 Å². The van der Waals surface area contributed by atoms with Crippen LogP contribution in [0.1, 0.15) is 5.56 Å². The summed E-state index contributed by atoms with van der Waals surface area (Å²) in [5, 5.41) is 0.528. The molecule has 0 saturated carbocycles. The quantitative estimate of drug-likeness (QED) is 0.620. The van der Waals surface area contributed by atoms with Gasteiger partial charge in [-0.15, -0.1) is 0 Å². The number of hydrogen-bond donors (Lipinski definition) is 2. The molecule has 0 heterocycles. The summed E-state index contributed by atoms with van der Waals surface area (Å²) in [6.45, 7) is 1.57. The minimum atomic E-state index is -3.71. The third-order valence-electron chi connectivity index (χ3n) is 1.71. The number of nitrogens with two attached hydrogens (primary N) is 1. The summed E-state index contributed by atoms with van der Waals surface area (Å²) < 4.78 is 22.7. The zero-order valence-corrected chi connectivity index (χ0v) is 9.54. The van der Waals surface area contributed by atoms with Gasteiger partial charge in [0.25, 0.3) is 10.0 Å². The van der Waals surface area contributed by atoms with Crippen molar-refractivity contribution in [1.29, 1.82) is 0 Å². The average Bonchev–Trinajstić information content (AvgIpc) is 2.11. The monoisotopic (exact) mass is 254 g/mol. The van der Waals surface area contributed by atoms with Gasteiger partial charge in [-0.2, -0.15) is 4.83 Å². The lowest BCUT2D eigenvalue weighted by Crippen LogP contribution is -2.30. The zero-order chi connectivity index (χ0) is 10.9. The Bertz CT molecular complexity index is 459. The molecule has 0 aliphatic rings. The van der Waals surface area contributed by atoms with Crippen molar-refractivity contribution in [2.45, 2.75) is 11.8 Å². The number of nitrogens with one attached hydrogen (secondary N) is 1. The van der Waals surface area contributed by atoms with Gasteiger partial charge in [0.1, 0.15) is 0 Å². The summed E-state index contributed by atoms with van der Waals surface area (Å²) in [6.07, 6.45) is 0. The van der Waals surface area contributed by atoms with Crippen molar-refractivity contribution in [3.63, 3.8) is 0 Å². The normalized spacial score (nSPS) is 11.7. The highest BCUT2D eigenvalue weighted by Crippen LogP contribution is 2.27. The van der Waals surface area contributed by atoms with Gasteiger partial charge in [0.05, 0.1) is 4.90 Å². The van der Waals surface area contributed by atoms with Crippen molar-refractivity contribution < 1.29 is 8.42 Å². The molecule has 0 aliphatic carbocycles. The smallest absolute Gasteiger partial charge is 0.253 e. The molecular formula is C7H8Cl2N2O2S. The molecule has 4 nitrogen and oxygen atoms in total. The molecule has 78 valence electrons. The zero-order valence-electron chi connectivity index (χ0n) is 7.21. The van der Waals surface area contributed by atoms with Gasteiger partial charge in [-0.25, -0.2) is 8.42 Å². The maximum atomic E-state index is 11.4. The molecule has 0 spiro atoms. The number of hydrazine groups is 1. The van der Waals surface area contributed by atoms with Crippen molar-refractivity contribution in [2.24, 2.45) is 5.84 Å². The molecule has 1 rings (SSSR count). The summed E-state index contributed by atoms with van der Waals surface area (Å²) in [6, 6.07) is 2.76. The van der Waals surface area contributed by atoms with Gasteiger partial charge in [0, 0.05) is 10.0 Å². The van der Waals surface area contributed by atoms with Gasteiger partial charge in [-0.1, -0.05) is 23.2 Å². The number of rotatable bonds is 2. The Labute approximate surface area is 92.0 Å². The first-order valence-corrected chi connectivity index (χ1v) is 5.80. The highest BCUT2D eigenvalue weighted by molar-refractivity contribution is 7.89. The van der Waals surface area contributed by atoms with Crippen LogP contribution in [0, 0.1) is 6.92 Å². The fourth-order valence-corrected chi connectivity index (χ4v) is 2.50. The maximum Gasteiger partial charge on any atom is 0.253 e. The predicted octanol–water partition coefficient (Wildman–Crippen LogP) is 1.45. The van der Waals surface area contributed by atoms with E-state index in [1.165, 1.54) is 12.1 Å². The molecule has 0 aromatic heterocycles. The van der Waals surface area contributed by atoms with Gasteiger partial charge in [0.15, 0.2) is 0 Å². The molecule has 0 atom stereocenters. The molecule has 0 saturated heterocycles. The van der Waals surface area contributed by atoms with Crippen LogP contribution in [0.25, 0.3) is 0 Å². The molecule has 0 bridgehead atoms. The second-order valence-corrected chi connectivity index (χ2v) is 5.16. The first-order valence-electron chi connectivity index (χ1n) is 3.56. The SMILES string of the molecule is Cc1c(Cl)cc(Cl)cc1S(=O)(=O)NN. The second kappa shape index (κ2) is 4.04. The molecule has 14 heavy (non-hydrogen) atoms. The predicted molar refractivity (Wildman–Crippen MR) is 55.7 cm³/mol. The summed E-state index contributed by atoms with van der Waals surface area (Å²) in [5.41, 5.74) is 0.411. The molecule has 0 radical (unpaired) electrons. The lowest BCUT2D eigenvalue weighted by atomic mass is 10.2. The van der Waals surface area contributed by atoms with E-state index < -0.39 is 10.0 Å². The number of sulfonamides is 1. The van der Waals surface area contributed by atoms with E-state index in [1.54, 1.807) is 11.8 Å². The molecule has 0 fully saturated rings. The summed E-state index contributed by atoms with van der Waals surface area (Å²) in [7, 11) is -3.71. The lowest BCUT2D eigenvalue weighted by molar-refractivity contribution is 0.583. The van der Waals surface area contributed by atoms with Crippen LogP contribution in [0.4, 0.5) is 0 Å². The molecule has 1 aromatic rings. The summed E-state index contributed by atoms with van der Waals surface area (Å²) >= 11 is 11.4. The van der Waals surface area contributed by atoms with Crippen LogP contribution >= 0.6 is 23.2 Å². The largest absolute Gasteiger partial charge is 0.257 e. The van der Waals surface area contributed by atoms with Crippen LogP contribution in [0.2, 0.25) is 10.0 Å². The van der Waals surface area contributed by atoms with Crippen LogP contribution in [-0.2, 0) is 10.0 Å². The van der Waals surface area contributed by atoms with Gasteiger partial charge in [-0.05, 0) is 24.6 Å². The minimum Gasteiger partial charge on any atom is -0.257 e. The highest BCUT2D eigenvalue weighted by atomic mass is 35.5. The average molecular weight is 255 g/mol. The summed E-state index contributed by atoms with van der Waals surface area (Å²) in [4.78, 5) is 1.69. The lowest BCUT2D eigenvalue weighted by Gasteiger charge is -2.07. The number of hydrogen-bond acceptors (Lipinski definition) is 3. The topological polar surface area (TPSA) is 72.2 Å². The van der Waals surface area contributed by atoms with Crippen LogP contribution in [0.3, 0.4) is 0 Å². The van der Waals surface area contributed by atoms with Crippen LogP contribution in [-0.4, -0.2) is 8.42 Å². The van der Waals surface area contributed by atoms with E-state index in [2.05, 4.69) is 0 Å². The van der Waals surface area contributed by atoms with Gasteiger partial charge < -0.3 is 0 Å². The van der Waals surface area contributed by atoms with Crippen molar-refractivity contribution in [1.82, 2.24) is 4.83 Å². The molecule has 0 amide bonds. The van der Waals surface area contributed by atoms with E-state index in [0.717, 1.165) is 0 Å². The number of halogens is 2. The first kappa shape index (κ1) is 11.7. The van der Waals surface area contributed by atoms with E-state index >= 15 is 0 Å². The maximum absolute atomic E-state index is 11.4. The standard InChI is InChI=1S/C7H8Cl2N2O2S/c1-4-6(9)2-5(8)3-7(4)14(12,13)11-10/h2-3,11H,10H2,1H3. The highest BCUT2D eigenvalue weighted by Gasteiger charge is 2.17. The molecule has 7 heteroatoms. The summed E-state index contributed by atoms with van der Waals surface area (Å²) in [5.74, 6) is 4.88. The minimum absolute atomic E-state index is 0.0162. The molecule has 0 unspecified atom stereocenters. The van der Waals surface area contributed by atoms with Gasteiger partial charge in [-0.3, -0.25) is 5.84 Å². The van der Waals surface area contributed by atoms with Crippen LogP contribution < -0.4 is 10.7 Å². The number of benzene rings is 1. The first-order chi connectivity index (χ1) is 6.38. The van der Waals surface area contributed by atoms with E-state index in [0.29, 0.717) is 5.56 Å². The molecular weight excluding hydrogens is 247 g/mol. The second-order valence-electron chi connectivity index (χ2n) is 2.63. The Morgan fingerprint density at radius 3 is 2.43 bits per heavy atom. The third kappa shape index (κ3) is 2.18. The molecule has 1 aromatic carbocycles. The Kier molecular flexibility index (Phi) is 3.39. The van der Waals surface area contributed by atoms with E-state index in [-0.39, 0.29) is 14.9 Å². The van der Waals surface area contributed by atoms with Gasteiger partial charge >= 0.3 is 0 Å². The molecule has 3 N–H and O–H groups in total. The van der Waals surface area contributed by atoms with Gasteiger partial charge in [0.2, 0.25) is 0 Å². The van der Waals surface area contributed by atoms with Crippen molar-refractivity contribution in [3.05, 3.63) is 27.7 Å². The Morgan fingerprint density at radius 2 is 1.93 bits per heavy atom. The van der Waals surface area contributed by atoms with Crippen LogP contribution in [0.15, 0.2) is 17.0 Å². The van der Waals surface area contributed by atoms with E-state index in [9.17, 15) is 8.42 Å². The Morgan fingerprint density at radius 1 is 1.36 bits per heavy atom. The van der Waals surface area contributed by atoms with Crippen molar-refractivity contribution in [3.8, 4) is 0 Å². The Hall–Kier alpha value is -0.330. The Balaban J connectivity index is 3.50. The fourth-order valence-electron chi connectivity index (χ4n) is 0.965. The van der Waals surface area contributed by atoms with Crippen molar-refractivity contribution >= 4 is 33.2 Å². The van der Waals surface area contributed by atoms with E-state index in [4.69, 9.17) is 29.0 Å². The van der Waals surface area contributed by atoms with Crippen molar-refractivity contribution in [2.75, 3.05) is 0 Å². The molecule has 0 aliphatic heterocycles.